The van der Waals surface area contributed by atoms with Crippen molar-refractivity contribution >= 4 is 5.69 Å². The number of para-hydroxylation sites is 1. The molecule has 1 fully saturated rings. The number of rotatable bonds is 4. The van der Waals surface area contributed by atoms with Crippen LogP contribution in [-0.2, 0) is 0 Å². The van der Waals surface area contributed by atoms with Gasteiger partial charge in [0.2, 0.25) is 0 Å². The Balaban J connectivity index is 1.81. The predicted molar refractivity (Wildman–Crippen MR) is 77.1 cm³/mol. The van der Waals surface area contributed by atoms with E-state index >= 15 is 0 Å². The standard InChI is InChI=1S/C16H24N2/c17-11-5-6-13-12-18(14-7-1-2-8-14)16-10-4-3-9-15(13)16/h3-4,9-10,13-14H,1-2,5-8,11-12,17H2. The van der Waals surface area contributed by atoms with Crippen LogP contribution >= 0.6 is 0 Å². The molecule has 1 aromatic carbocycles. The first kappa shape index (κ1) is 12.0. The fraction of sp³-hybridized carbons (Fsp3) is 0.625. The van der Waals surface area contributed by atoms with Gasteiger partial charge in [-0.1, -0.05) is 31.0 Å². The highest BCUT2D eigenvalue weighted by Crippen LogP contribution is 2.42. The molecule has 2 nitrogen and oxygen atoms in total. The highest BCUT2D eigenvalue weighted by atomic mass is 15.2. The van der Waals surface area contributed by atoms with Gasteiger partial charge in [-0.15, -0.1) is 0 Å². The van der Waals surface area contributed by atoms with Crippen molar-refractivity contribution < 1.29 is 0 Å². The Hall–Kier alpha value is -1.02. The minimum Gasteiger partial charge on any atom is -0.368 e. The van der Waals surface area contributed by atoms with E-state index in [-0.39, 0.29) is 0 Å². The van der Waals surface area contributed by atoms with E-state index in [2.05, 4.69) is 29.2 Å². The molecule has 18 heavy (non-hydrogen) atoms. The van der Waals surface area contributed by atoms with Crippen molar-refractivity contribution in [3.63, 3.8) is 0 Å². The van der Waals surface area contributed by atoms with E-state index in [0.29, 0.717) is 5.92 Å². The molecule has 0 bridgehead atoms. The van der Waals surface area contributed by atoms with E-state index in [1.54, 1.807) is 5.56 Å². The van der Waals surface area contributed by atoms with Crippen molar-refractivity contribution in [1.82, 2.24) is 0 Å². The molecule has 0 saturated heterocycles. The third-order valence-electron chi connectivity index (χ3n) is 4.63. The Morgan fingerprint density at radius 1 is 1.17 bits per heavy atom. The van der Waals surface area contributed by atoms with Gasteiger partial charge >= 0.3 is 0 Å². The fourth-order valence-corrected chi connectivity index (χ4v) is 3.70. The molecule has 1 aromatic rings. The number of hydrogen-bond donors (Lipinski definition) is 1. The summed E-state index contributed by atoms with van der Waals surface area (Å²) in [5.74, 6) is 0.713. The van der Waals surface area contributed by atoms with E-state index in [4.69, 9.17) is 5.73 Å². The molecule has 1 saturated carbocycles. The summed E-state index contributed by atoms with van der Waals surface area (Å²) in [6, 6.07) is 9.81. The third-order valence-corrected chi connectivity index (χ3v) is 4.63. The smallest absolute Gasteiger partial charge is 0.0404 e. The maximum atomic E-state index is 5.67. The summed E-state index contributed by atoms with van der Waals surface area (Å²) in [5, 5.41) is 0. The Labute approximate surface area is 110 Å². The van der Waals surface area contributed by atoms with Gasteiger partial charge in [0.15, 0.2) is 0 Å². The Morgan fingerprint density at radius 3 is 2.72 bits per heavy atom. The summed E-state index contributed by atoms with van der Waals surface area (Å²) in [4.78, 5) is 2.68. The molecule has 3 rings (SSSR count). The Kier molecular flexibility index (Phi) is 3.55. The largest absolute Gasteiger partial charge is 0.368 e. The number of fused-ring (bicyclic) bond motifs is 1. The molecule has 0 aromatic heterocycles. The lowest BCUT2D eigenvalue weighted by atomic mass is 9.96. The molecule has 1 aliphatic heterocycles. The van der Waals surface area contributed by atoms with Gasteiger partial charge < -0.3 is 10.6 Å². The Bertz CT molecular complexity index is 396. The molecule has 2 heteroatoms. The maximum absolute atomic E-state index is 5.67. The Morgan fingerprint density at radius 2 is 1.94 bits per heavy atom. The minimum absolute atomic E-state index is 0.713. The zero-order valence-corrected chi connectivity index (χ0v) is 11.1. The average Bonchev–Trinajstić information content (AvgIpc) is 3.04. The molecule has 2 N–H and O–H groups in total. The van der Waals surface area contributed by atoms with Crippen LogP contribution in [0.4, 0.5) is 5.69 Å². The molecular formula is C16H24N2. The van der Waals surface area contributed by atoms with Gasteiger partial charge in [0, 0.05) is 24.2 Å². The molecule has 0 amide bonds. The van der Waals surface area contributed by atoms with Gasteiger partial charge in [-0.3, -0.25) is 0 Å². The lowest BCUT2D eigenvalue weighted by Crippen LogP contribution is -2.32. The predicted octanol–water partition coefficient (Wildman–Crippen LogP) is 3.27. The van der Waals surface area contributed by atoms with Crippen molar-refractivity contribution in [3.8, 4) is 0 Å². The molecule has 2 aliphatic rings. The maximum Gasteiger partial charge on any atom is 0.0404 e. The van der Waals surface area contributed by atoms with Crippen LogP contribution in [0, 0.1) is 0 Å². The van der Waals surface area contributed by atoms with Gasteiger partial charge in [-0.2, -0.15) is 0 Å². The molecule has 1 unspecified atom stereocenters. The normalized spacial score (nSPS) is 23.6. The summed E-state index contributed by atoms with van der Waals surface area (Å²) >= 11 is 0. The van der Waals surface area contributed by atoms with Crippen LogP contribution in [0.25, 0.3) is 0 Å². The van der Waals surface area contributed by atoms with Gasteiger partial charge in [-0.25, -0.2) is 0 Å². The fourth-order valence-electron chi connectivity index (χ4n) is 3.70. The average molecular weight is 244 g/mol. The van der Waals surface area contributed by atoms with E-state index in [9.17, 15) is 0 Å². The van der Waals surface area contributed by atoms with Gasteiger partial charge in [0.25, 0.3) is 0 Å². The van der Waals surface area contributed by atoms with Crippen LogP contribution in [0.5, 0.6) is 0 Å². The van der Waals surface area contributed by atoms with E-state index in [0.717, 1.165) is 19.0 Å². The zero-order chi connectivity index (χ0) is 12.4. The van der Waals surface area contributed by atoms with Crippen molar-refractivity contribution in [2.75, 3.05) is 18.0 Å². The summed E-state index contributed by atoms with van der Waals surface area (Å²) in [5.41, 5.74) is 8.74. The number of hydrogen-bond acceptors (Lipinski definition) is 2. The summed E-state index contributed by atoms with van der Waals surface area (Å²) < 4.78 is 0. The highest BCUT2D eigenvalue weighted by molar-refractivity contribution is 5.61. The number of benzene rings is 1. The van der Waals surface area contributed by atoms with Gasteiger partial charge in [0.1, 0.15) is 0 Å². The molecule has 1 heterocycles. The topological polar surface area (TPSA) is 29.3 Å². The van der Waals surface area contributed by atoms with Crippen molar-refractivity contribution in [2.45, 2.75) is 50.5 Å². The highest BCUT2D eigenvalue weighted by Gasteiger charge is 2.33. The summed E-state index contributed by atoms with van der Waals surface area (Å²) in [6.07, 6.45) is 8.00. The van der Waals surface area contributed by atoms with Gasteiger partial charge in [-0.05, 0) is 43.9 Å². The van der Waals surface area contributed by atoms with E-state index < -0.39 is 0 Å². The molecular weight excluding hydrogens is 220 g/mol. The van der Waals surface area contributed by atoms with Crippen molar-refractivity contribution in [3.05, 3.63) is 29.8 Å². The second-order valence-corrected chi connectivity index (χ2v) is 5.78. The van der Waals surface area contributed by atoms with E-state index in [1.165, 1.54) is 44.3 Å². The van der Waals surface area contributed by atoms with Crippen LogP contribution in [0.3, 0.4) is 0 Å². The van der Waals surface area contributed by atoms with Gasteiger partial charge in [0.05, 0.1) is 0 Å². The van der Waals surface area contributed by atoms with Crippen molar-refractivity contribution in [2.24, 2.45) is 5.73 Å². The molecule has 0 spiro atoms. The van der Waals surface area contributed by atoms with E-state index in [1.807, 2.05) is 0 Å². The molecule has 1 atom stereocenters. The number of nitrogens with two attached hydrogens (primary N) is 1. The zero-order valence-electron chi connectivity index (χ0n) is 11.1. The second-order valence-electron chi connectivity index (χ2n) is 5.78. The molecule has 98 valence electrons. The number of nitrogens with zero attached hydrogens (tertiary/aromatic N) is 1. The van der Waals surface area contributed by atoms with Crippen LogP contribution in [0.2, 0.25) is 0 Å². The summed E-state index contributed by atoms with van der Waals surface area (Å²) in [6.45, 7) is 2.05. The molecule has 1 aliphatic carbocycles. The van der Waals surface area contributed by atoms with Crippen molar-refractivity contribution in [1.29, 1.82) is 0 Å². The first-order chi connectivity index (χ1) is 8.90. The first-order valence-electron chi connectivity index (χ1n) is 7.46. The lowest BCUT2D eigenvalue weighted by Gasteiger charge is -2.27. The van der Waals surface area contributed by atoms with Crippen LogP contribution < -0.4 is 10.6 Å². The van der Waals surface area contributed by atoms with Crippen LogP contribution in [0.15, 0.2) is 24.3 Å². The second kappa shape index (κ2) is 5.31. The lowest BCUT2D eigenvalue weighted by molar-refractivity contribution is 0.560. The SMILES string of the molecule is NCCCC1CN(C2CCCC2)c2ccccc21. The minimum atomic E-state index is 0.713. The summed E-state index contributed by atoms with van der Waals surface area (Å²) in [7, 11) is 0. The first-order valence-corrected chi connectivity index (χ1v) is 7.46. The monoisotopic (exact) mass is 244 g/mol. The quantitative estimate of drug-likeness (QED) is 0.880. The van der Waals surface area contributed by atoms with Crippen LogP contribution in [0.1, 0.15) is 50.0 Å². The van der Waals surface area contributed by atoms with Crippen LogP contribution in [-0.4, -0.2) is 19.1 Å². The molecule has 0 radical (unpaired) electrons. The third kappa shape index (κ3) is 2.14. The number of anilines is 1.